The van der Waals surface area contributed by atoms with Gasteiger partial charge in [-0.25, -0.2) is 4.79 Å². The highest BCUT2D eigenvalue weighted by Crippen LogP contribution is 2.02. The molecule has 24 heavy (non-hydrogen) atoms. The van der Waals surface area contributed by atoms with Crippen LogP contribution in [0.3, 0.4) is 0 Å². The topological polar surface area (TPSA) is 151 Å². The quantitative estimate of drug-likeness (QED) is 0.316. The molecule has 0 spiro atoms. The molecule has 0 bridgehead atoms. The van der Waals surface area contributed by atoms with E-state index in [-0.39, 0.29) is 13.2 Å². The Morgan fingerprint density at radius 1 is 1.04 bits per heavy atom. The summed E-state index contributed by atoms with van der Waals surface area (Å²) in [5.74, 6) is -2.32. The molecule has 2 atom stereocenters. The van der Waals surface area contributed by atoms with Crippen molar-refractivity contribution in [2.45, 2.75) is 18.7 Å². The Balaban J connectivity index is 2.56. The molecule has 0 heterocycles. The molecule has 2 unspecified atom stereocenters. The maximum Gasteiger partial charge on any atom is 0.331 e. The number of esters is 1. The second-order valence-electron chi connectivity index (χ2n) is 4.84. The van der Waals surface area contributed by atoms with Gasteiger partial charge in [-0.3, -0.25) is 9.59 Å². The van der Waals surface area contributed by atoms with Gasteiger partial charge in [0.05, 0.1) is 19.8 Å². The van der Waals surface area contributed by atoms with E-state index in [0.717, 1.165) is 5.56 Å². The van der Waals surface area contributed by atoms with Gasteiger partial charge < -0.3 is 31.3 Å². The summed E-state index contributed by atoms with van der Waals surface area (Å²) in [4.78, 5) is 35.0. The third-order valence-electron chi connectivity index (χ3n) is 3.03. The number of aliphatic hydroxyl groups excluding tert-OH is 2. The Bertz CT molecular complexity index is 551. The second kappa shape index (κ2) is 10.3. The number of ether oxygens (including phenoxy) is 1. The van der Waals surface area contributed by atoms with Gasteiger partial charge in [-0.15, -0.1) is 0 Å². The standard InChI is InChI=1S/C15H21N3O6/c16-6-13(21)17-11(7-19)14(22)18-12(8-20)15(23)24-9-10-4-2-1-3-5-10/h1-5,11-12,19-20H,6-9,16H2,(H,17,21)(H,18,22). The molecular weight excluding hydrogens is 318 g/mol. The molecule has 2 amide bonds. The van der Waals surface area contributed by atoms with Crippen LogP contribution in [0.2, 0.25) is 0 Å². The van der Waals surface area contributed by atoms with Crippen LogP contribution in [0.1, 0.15) is 5.56 Å². The minimum absolute atomic E-state index is 0.0145. The molecule has 0 fully saturated rings. The lowest BCUT2D eigenvalue weighted by Gasteiger charge is -2.20. The number of carbonyl (C=O) groups excluding carboxylic acids is 3. The molecule has 0 aliphatic rings. The maximum atomic E-state index is 11.9. The molecular formula is C15H21N3O6. The monoisotopic (exact) mass is 339 g/mol. The number of benzene rings is 1. The molecule has 1 aromatic rings. The predicted molar refractivity (Wildman–Crippen MR) is 83.3 cm³/mol. The zero-order valence-electron chi connectivity index (χ0n) is 13.0. The van der Waals surface area contributed by atoms with Gasteiger partial charge >= 0.3 is 5.97 Å². The molecule has 0 aliphatic heterocycles. The summed E-state index contributed by atoms with van der Waals surface area (Å²) in [7, 11) is 0. The average molecular weight is 339 g/mol. The van der Waals surface area contributed by atoms with Crippen LogP contribution in [-0.4, -0.2) is 59.8 Å². The highest BCUT2D eigenvalue weighted by molar-refractivity contribution is 5.91. The van der Waals surface area contributed by atoms with Gasteiger partial charge in [-0.2, -0.15) is 0 Å². The van der Waals surface area contributed by atoms with Crippen LogP contribution < -0.4 is 16.4 Å². The Kier molecular flexibility index (Phi) is 8.41. The number of carbonyl (C=O) groups is 3. The molecule has 0 aromatic heterocycles. The van der Waals surface area contributed by atoms with E-state index in [0.29, 0.717) is 0 Å². The van der Waals surface area contributed by atoms with E-state index in [4.69, 9.17) is 15.6 Å². The van der Waals surface area contributed by atoms with Gasteiger partial charge in [0.1, 0.15) is 12.6 Å². The van der Waals surface area contributed by atoms with E-state index in [1.807, 2.05) is 6.07 Å². The highest BCUT2D eigenvalue weighted by atomic mass is 16.5. The van der Waals surface area contributed by atoms with Crippen LogP contribution in [0, 0.1) is 0 Å². The smallest absolute Gasteiger partial charge is 0.331 e. The van der Waals surface area contributed by atoms with Gasteiger partial charge in [0.2, 0.25) is 11.8 Å². The van der Waals surface area contributed by atoms with E-state index in [9.17, 15) is 19.5 Å². The molecule has 0 saturated carbocycles. The van der Waals surface area contributed by atoms with Gasteiger partial charge in [-0.05, 0) is 5.56 Å². The van der Waals surface area contributed by atoms with E-state index < -0.39 is 43.1 Å². The first-order valence-corrected chi connectivity index (χ1v) is 7.23. The first kappa shape index (κ1) is 19.6. The van der Waals surface area contributed by atoms with E-state index in [2.05, 4.69) is 10.6 Å². The lowest BCUT2D eigenvalue weighted by molar-refractivity contribution is -0.150. The first-order valence-electron chi connectivity index (χ1n) is 7.23. The normalized spacial score (nSPS) is 12.8. The lowest BCUT2D eigenvalue weighted by Crippen LogP contribution is -2.55. The number of nitrogens with one attached hydrogen (secondary N) is 2. The summed E-state index contributed by atoms with van der Waals surface area (Å²) in [5, 5.41) is 22.7. The molecule has 0 aliphatic carbocycles. The van der Waals surface area contributed by atoms with Gasteiger partial charge in [0.15, 0.2) is 6.04 Å². The molecule has 0 saturated heterocycles. The molecule has 9 nitrogen and oxygen atoms in total. The Hall–Kier alpha value is -2.49. The van der Waals surface area contributed by atoms with Crippen molar-refractivity contribution in [3.63, 3.8) is 0 Å². The molecule has 1 rings (SSSR count). The van der Waals surface area contributed by atoms with Crippen molar-refractivity contribution in [1.29, 1.82) is 0 Å². The molecule has 6 N–H and O–H groups in total. The Morgan fingerprint density at radius 2 is 1.67 bits per heavy atom. The van der Waals surface area contributed by atoms with Crippen molar-refractivity contribution in [3.05, 3.63) is 35.9 Å². The van der Waals surface area contributed by atoms with Crippen LogP contribution in [0.25, 0.3) is 0 Å². The lowest BCUT2D eigenvalue weighted by atomic mass is 10.2. The largest absolute Gasteiger partial charge is 0.459 e. The summed E-state index contributed by atoms with van der Waals surface area (Å²) < 4.78 is 5.01. The van der Waals surface area contributed by atoms with Crippen LogP contribution in [0.5, 0.6) is 0 Å². The molecule has 9 heteroatoms. The number of amides is 2. The molecule has 132 valence electrons. The number of nitrogens with two attached hydrogens (primary N) is 1. The third kappa shape index (κ3) is 6.32. The summed E-state index contributed by atoms with van der Waals surface area (Å²) in [6.07, 6.45) is 0. The average Bonchev–Trinajstić information content (AvgIpc) is 2.62. The fourth-order valence-corrected chi connectivity index (χ4v) is 1.73. The fourth-order valence-electron chi connectivity index (χ4n) is 1.73. The van der Waals surface area contributed by atoms with Gasteiger partial charge in [0.25, 0.3) is 0 Å². The Labute approximate surface area is 138 Å². The van der Waals surface area contributed by atoms with E-state index >= 15 is 0 Å². The second-order valence-corrected chi connectivity index (χ2v) is 4.84. The van der Waals surface area contributed by atoms with Crippen molar-refractivity contribution in [1.82, 2.24) is 10.6 Å². The number of hydrogen-bond acceptors (Lipinski definition) is 7. The van der Waals surface area contributed by atoms with E-state index in [1.54, 1.807) is 24.3 Å². The minimum atomic E-state index is -1.31. The first-order chi connectivity index (χ1) is 11.5. The van der Waals surface area contributed by atoms with E-state index in [1.165, 1.54) is 0 Å². The zero-order valence-corrected chi connectivity index (χ0v) is 13.0. The SMILES string of the molecule is NCC(=O)NC(CO)C(=O)NC(CO)C(=O)OCc1ccccc1. The molecule has 0 radical (unpaired) electrons. The van der Waals surface area contributed by atoms with Crippen LogP contribution in [0.4, 0.5) is 0 Å². The summed E-state index contributed by atoms with van der Waals surface area (Å²) in [6, 6.07) is 6.28. The van der Waals surface area contributed by atoms with Crippen LogP contribution in [-0.2, 0) is 25.7 Å². The number of rotatable bonds is 9. The van der Waals surface area contributed by atoms with Crippen molar-refractivity contribution in [3.8, 4) is 0 Å². The van der Waals surface area contributed by atoms with Crippen LogP contribution in [0.15, 0.2) is 30.3 Å². The van der Waals surface area contributed by atoms with Crippen molar-refractivity contribution in [2.75, 3.05) is 19.8 Å². The summed E-state index contributed by atoms with van der Waals surface area (Å²) in [5.41, 5.74) is 5.85. The fraction of sp³-hybridized carbons (Fsp3) is 0.400. The molecule has 1 aromatic carbocycles. The highest BCUT2D eigenvalue weighted by Gasteiger charge is 2.26. The minimum Gasteiger partial charge on any atom is -0.459 e. The predicted octanol–water partition coefficient (Wildman–Crippen LogP) is -2.36. The zero-order chi connectivity index (χ0) is 17.9. The Morgan fingerprint density at radius 3 is 2.21 bits per heavy atom. The number of hydrogen-bond donors (Lipinski definition) is 5. The third-order valence-corrected chi connectivity index (χ3v) is 3.03. The van der Waals surface area contributed by atoms with Crippen molar-refractivity contribution >= 4 is 17.8 Å². The van der Waals surface area contributed by atoms with Gasteiger partial charge in [0, 0.05) is 0 Å². The number of aliphatic hydroxyl groups is 2. The summed E-state index contributed by atoms with van der Waals surface area (Å²) >= 11 is 0. The van der Waals surface area contributed by atoms with Crippen molar-refractivity contribution in [2.24, 2.45) is 5.73 Å². The summed E-state index contributed by atoms with van der Waals surface area (Å²) in [6.45, 7) is -1.75. The maximum absolute atomic E-state index is 11.9. The van der Waals surface area contributed by atoms with Crippen LogP contribution >= 0.6 is 0 Å². The van der Waals surface area contributed by atoms with Gasteiger partial charge in [-0.1, -0.05) is 30.3 Å². The van der Waals surface area contributed by atoms with Crippen molar-refractivity contribution < 1.29 is 29.3 Å².